The fourth-order valence-corrected chi connectivity index (χ4v) is 3.17. The lowest BCUT2D eigenvalue weighted by molar-refractivity contribution is 1.08. The third-order valence-corrected chi connectivity index (χ3v) is 4.50. The molecule has 116 valence electrons. The molecule has 24 heavy (non-hydrogen) atoms. The SMILES string of the molecule is Nc1ncc(-c2ccccc2)nc1-c1nnc(-c2ccccc2)s1. The Bertz CT molecular complexity index is 967. The van der Waals surface area contributed by atoms with Crippen LogP contribution in [0.2, 0.25) is 0 Å². The predicted octanol–water partition coefficient (Wildman–Crippen LogP) is 3.91. The van der Waals surface area contributed by atoms with Gasteiger partial charge in [-0.1, -0.05) is 72.0 Å². The molecule has 6 heteroatoms. The first-order valence-electron chi connectivity index (χ1n) is 7.38. The molecule has 0 amide bonds. The van der Waals surface area contributed by atoms with Gasteiger partial charge < -0.3 is 5.73 Å². The summed E-state index contributed by atoms with van der Waals surface area (Å²) in [7, 11) is 0. The monoisotopic (exact) mass is 331 g/mol. The van der Waals surface area contributed by atoms with Crippen LogP contribution in [0.4, 0.5) is 5.82 Å². The molecule has 0 spiro atoms. The summed E-state index contributed by atoms with van der Waals surface area (Å²) >= 11 is 1.45. The van der Waals surface area contributed by atoms with Crippen molar-refractivity contribution in [3.63, 3.8) is 0 Å². The van der Waals surface area contributed by atoms with Crippen LogP contribution >= 0.6 is 11.3 Å². The first-order valence-corrected chi connectivity index (χ1v) is 8.20. The molecule has 0 bridgehead atoms. The summed E-state index contributed by atoms with van der Waals surface area (Å²) in [5.41, 5.74) is 9.34. The van der Waals surface area contributed by atoms with Crippen molar-refractivity contribution in [2.24, 2.45) is 0 Å². The topological polar surface area (TPSA) is 77.6 Å². The van der Waals surface area contributed by atoms with Gasteiger partial charge in [-0.2, -0.15) is 0 Å². The van der Waals surface area contributed by atoms with Crippen molar-refractivity contribution >= 4 is 17.2 Å². The van der Waals surface area contributed by atoms with Gasteiger partial charge in [-0.15, -0.1) is 10.2 Å². The zero-order chi connectivity index (χ0) is 16.4. The molecule has 2 aromatic carbocycles. The Kier molecular flexibility index (Phi) is 3.72. The zero-order valence-corrected chi connectivity index (χ0v) is 13.4. The molecular weight excluding hydrogens is 318 g/mol. The van der Waals surface area contributed by atoms with Gasteiger partial charge in [0.1, 0.15) is 10.7 Å². The second-order valence-corrected chi connectivity index (χ2v) is 6.11. The fraction of sp³-hybridized carbons (Fsp3) is 0. The van der Waals surface area contributed by atoms with E-state index >= 15 is 0 Å². The van der Waals surface area contributed by atoms with Crippen LogP contribution in [0.15, 0.2) is 66.9 Å². The first kappa shape index (κ1) is 14.5. The lowest BCUT2D eigenvalue weighted by atomic mass is 10.1. The van der Waals surface area contributed by atoms with Crippen molar-refractivity contribution in [2.45, 2.75) is 0 Å². The van der Waals surface area contributed by atoms with Gasteiger partial charge in [-0.3, -0.25) is 0 Å². The number of hydrogen-bond donors (Lipinski definition) is 1. The minimum Gasteiger partial charge on any atom is -0.382 e. The van der Waals surface area contributed by atoms with Crippen LogP contribution in [0.1, 0.15) is 0 Å². The lowest BCUT2D eigenvalue weighted by Gasteiger charge is -2.04. The average Bonchev–Trinajstić information content (AvgIpc) is 3.13. The van der Waals surface area contributed by atoms with E-state index in [1.165, 1.54) is 11.3 Å². The van der Waals surface area contributed by atoms with Crippen LogP contribution in [0.3, 0.4) is 0 Å². The van der Waals surface area contributed by atoms with Crippen molar-refractivity contribution in [1.82, 2.24) is 20.2 Å². The van der Waals surface area contributed by atoms with Crippen LogP contribution in [-0.2, 0) is 0 Å². The molecule has 4 rings (SSSR count). The molecule has 2 heterocycles. The number of anilines is 1. The smallest absolute Gasteiger partial charge is 0.170 e. The summed E-state index contributed by atoms with van der Waals surface area (Å²) in [4.78, 5) is 8.91. The minimum atomic E-state index is 0.352. The van der Waals surface area contributed by atoms with Crippen molar-refractivity contribution in [3.05, 3.63) is 66.9 Å². The number of aromatic nitrogens is 4. The summed E-state index contributed by atoms with van der Waals surface area (Å²) in [6, 6.07) is 19.8. The predicted molar refractivity (Wildman–Crippen MR) is 96.2 cm³/mol. The quantitative estimate of drug-likeness (QED) is 0.616. The maximum absolute atomic E-state index is 6.01. The molecule has 0 aliphatic heterocycles. The molecule has 0 radical (unpaired) electrons. The molecule has 5 nitrogen and oxygen atoms in total. The van der Waals surface area contributed by atoms with Crippen molar-refractivity contribution in [2.75, 3.05) is 5.73 Å². The number of nitrogens with two attached hydrogens (primary N) is 1. The summed E-state index contributed by atoms with van der Waals surface area (Å²) < 4.78 is 0. The van der Waals surface area contributed by atoms with Gasteiger partial charge in [-0.25, -0.2) is 9.97 Å². The Morgan fingerprint density at radius 3 is 2.08 bits per heavy atom. The number of nitrogens with zero attached hydrogens (tertiary/aromatic N) is 4. The Morgan fingerprint density at radius 1 is 0.750 bits per heavy atom. The van der Waals surface area contributed by atoms with E-state index in [9.17, 15) is 0 Å². The Hall–Kier alpha value is -3.12. The molecule has 4 aromatic rings. The number of hydrogen-bond acceptors (Lipinski definition) is 6. The molecule has 0 aliphatic carbocycles. The second kappa shape index (κ2) is 6.17. The molecule has 0 fully saturated rings. The van der Waals surface area contributed by atoms with Gasteiger partial charge in [0.2, 0.25) is 0 Å². The fourth-order valence-electron chi connectivity index (χ4n) is 2.32. The summed E-state index contributed by atoms with van der Waals surface area (Å²) in [5, 5.41) is 9.99. The van der Waals surface area contributed by atoms with Crippen LogP contribution in [0.5, 0.6) is 0 Å². The molecule has 0 unspecified atom stereocenters. The van der Waals surface area contributed by atoms with E-state index in [4.69, 9.17) is 5.73 Å². The highest BCUT2D eigenvalue weighted by Gasteiger charge is 2.14. The number of benzene rings is 2. The summed E-state index contributed by atoms with van der Waals surface area (Å²) in [6.07, 6.45) is 1.67. The largest absolute Gasteiger partial charge is 0.382 e. The molecule has 2 N–H and O–H groups in total. The molecule has 0 saturated carbocycles. The van der Waals surface area contributed by atoms with E-state index in [-0.39, 0.29) is 0 Å². The third kappa shape index (κ3) is 2.75. The summed E-state index contributed by atoms with van der Waals surface area (Å²) in [5.74, 6) is 0.352. The molecular formula is C18H13N5S. The van der Waals surface area contributed by atoms with Gasteiger partial charge in [0.05, 0.1) is 11.9 Å². The maximum atomic E-state index is 6.01. The van der Waals surface area contributed by atoms with Gasteiger partial charge in [0, 0.05) is 11.1 Å². The van der Waals surface area contributed by atoms with E-state index in [1.807, 2.05) is 60.7 Å². The maximum Gasteiger partial charge on any atom is 0.170 e. The Labute approximate surface area is 142 Å². The molecule has 0 aliphatic rings. The van der Waals surface area contributed by atoms with Gasteiger partial charge >= 0.3 is 0 Å². The Morgan fingerprint density at radius 2 is 1.38 bits per heavy atom. The van der Waals surface area contributed by atoms with E-state index in [0.717, 1.165) is 21.8 Å². The van der Waals surface area contributed by atoms with Crippen LogP contribution in [0, 0.1) is 0 Å². The normalized spacial score (nSPS) is 10.7. The van der Waals surface area contributed by atoms with E-state index in [2.05, 4.69) is 20.2 Å². The Balaban J connectivity index is 1.76. The van der Waals surface area contributed by atoms with Crippen LogP contribution < -0.4 is 5.73 Å². The minimum absolute atomic E-state index is 0.352. The first-order chi connectivity index (χ1) is 11.8. The van der Waals surface area contributed by atoms with Gasteiger partial charge in [-0.05, 0) is 0 Å². The molecule has 2 aromatic heterocycles. The van der Waals surface area contributed by atoms with Gasteiger partial charge in [0.15, 0.2) is 10.8 Å². The third-order valence-electron chi connectivity index (χ3n) is 3.52. The molecule has 0 saturated heterocycles. The van der Waals surface area contributed by atoms with Crippen LogP contribution in [0.25, 0.3) is 32.5 Å². The summed E-state index contributed by atoms with van der Waals surface area (Å²) in [6.45, 7) is 0. The van der Waals surface area contributed by atoms with Crippen molar-refractivity contribution in [3.8, 4) is 32.5 Å². The second-order valence-electron chi connectivity index (χ2n) is 5.13. The highest BCUT2D eigenvalue weighted by molar-refractivity contribution is 7.17. The standard InChI is InChI=1S/C18H13N5S/c19-16-15(21-14(11-20-16)12-7-3-1-4-8-12)18-23-22-17(24-18)13-9-5-2-6-10-13/h1-11H,(H2,19,20). The van der Waals surface area contributed by atoms with Gasteiger partial charge in [0.25, 0.3) is 0 Å². The lowest BCUT2D eigenvalue weighted by Crippen LogP contribution is -1.98. The van der Waals surface area contributed by atoms with E-state index in [1.54, 1.807) is 6.20 Å². The highest BCUT2D eigenvalue weighted by atomic mass is 32.1. The molecule has 0 atom stereocenters. The zero-order valence-electron chi connectivity index (χ0n) is 12.6. The van der Waals surface area contributed by atoms with E-state index in [0.29, 0.717) is 16.5 Å². The average molecular weight is 331 g/mol. The highest BCUT2D eigenvalue weighted by Crippen LogP contribution is 2.32. The van der Waals surface area contributed by atoms with Crippen molar-refractivity contribution in [1.29, 1.82) is 0 Å². The van der Waals surface area contributed by atoms with E-state index < -0.39 is 0 Å². The number of rotatable bonds is 3. The van der Waals surface area contributed by atoms with Crippen LogP contribution in [-0.4, -0.2) is 20.2 Å². The number of nitrogen functional groups attached to an aromatic ring is 1. The van der Waals surface area contributed by atoms with Crippen molar-refractivity contribution < 1.29 is 0 Å².